The number of hydrogen-bond acceptors (Lipinski definition) is 4. The van der Waals surface area contributed by atoms with E-state index in [0.29, 0.717) is 34.5 Å². The van der Waals surface area contributed by atoms with Gasteiger partial charge in [0, 0.05) is 12.1 Å². The molecule has 1 N–H and O–H groups in total. The fraction of sp³-hybridized carbons (Fsp3) is 0.385. The number of fused-ring (bicyclic) bond motifs is 1. The average molecular weight is 344 g/mol. The van der Waals surface area contributed by atoms with Crippen LogP contribution >= 0.6 is 15.9 Å². The highest BCUT2D eigenvalue weighted by Crippen LogP contribution is 2.40. The number of nitrogens with zero attached hydrogens (tertiary/aromatic N) is 1. The zero-order valence-electron chi connectivity index (χ0n) is 10.9. The Morgan fingerprint density at radius 1 is 1.40 bits per heavy atom. The first-order valence-electron chi connectivity index (χ1n) is 6.13. The maximum atomic E-state index is 12.4. The lowest BCUT2D eigenvalue weighted by atomic mass is 10.1. The average Bonchev–Trinajstić information content (AvgIpc) is 2.85. The number of carbonyl (C=O) groups excluding carboxylic acids is 1. The van der Waals surface area contributed by atoms with Gasteiger partial charge < -0.3 is 19.5 Å². The van der Waals surface area contributed by atoms with E-state index in [1.54, 1.807) is 12.1 Å². The van der Waals surface area contributed by atoms with E-state index in [1.807, 2.05) is 6.92 Å². The highest BCUT2D eigenvalue weighted by Gasteiger charge is 2.23. The predicted molar refractivity (Wildman–Crippen MR) is 74.1 cm³/mol. The van der Waals surface area contributed by atoms with Gasteiger partial charge in [-0.05, 0) is 34.5 Å². The summed E-state index contributed by atoms with van der Waals surface area (Å²) in [7, 11) is 0. The summed E-state index contributed by atoms with van der Waals surface area (Å²) in [5.74, 6) is -0.337. The number of hydrogen-bond donors (Lipinski definition) is 1. The molecular weight excluding hydrogens is 330 g/mol. The van der Waals surface area contributed by atoms with Crippen molar-refractivity contribution in [2.24, 2.45) is 0 Å². The Labute approximate surface area is 124 Å². The van der Waals surface area contributed by atoms with Crippen molar-refractivity contribution in [1.29, 1.82) is 0 Å². The first kappa shape index (κ1) is 14.6. The minimum Gasteiger partial charge on any atom is -0.480 e. The van der Waals surface area contributed by atoms with Crippen LogP contribution in [0.25, 0.3) is 0 Å². The lowest BCUT2D eigenvalue weighted by Crippen LogP contribution is -2.36. The molecule has 6 nitrogen and oxygen atoms in total. The summed E-state index contributed by atoms with van der Waals surface area (Å²) in [6.07, 6.45) is 0.685. The lowest BCUT2D eigenvalue weighted by molar-refractivity contribution is -0.137. The van der Waals surface area contributed by atoms with Crippen molar-refractivity contribution < 1.29 is 24.2 Å². The fourth-order valence-electron chi connectivity index (χ4n) is 1.96. The normalized spacial score (nSPS) is 12.3. The molecule has 0 bridgehead atoms. The first-order chi connectivity index (χ1) is 9.52. The molecule has 0 saturated heterocycles. The molecule has 0 atom stereocenters. The van der Waals surface area contributed by atoms with E-state index >= 15 is 0 Å². The number of carboxylic acids is 1. The quantitative estimate of drug-likeness (QED) is 0.886. The molecule has 2 rings (SSSR count). The topological polar surface area (TPSA) is 76.1 Å². The first-order valence-corrected chi connectivity index (χ1v) is 6.92. The molecular formula is C13H14BrNO5. The number of aliphatic carboxylic acids is 1. The van der Waals surface area contributed by atoms with Crippen molar-refractivity contribution in [2.45, 2.75) is 13.3 Å². The summed E-state index contributed by atoms with van der Waals surface area (Å²) in [5.41, 5.74) is 0.371. The van der Waals surface area contributed by atoms with Gasteiger partial charge >= 0.3 is 5.97 Å². The molecule has 0 aliphatic carbocycles. The van der Waals surface area contributed by atoms with Crippen LogP contribution in [-0.4, -0.2) is 41.8 Å². The molecule has 7 heteroatoms. The van der Waals surface area contributed by atoms with Crippen LogP contribution in [0.2, 0.25) is 0 Å². The Morgan fingerprint density at radius 3 is 2.80 bits per heavy atom. The van der Waals surface area contributed by atoms with Crippen molar-refractivity contribution in [3.63, 3.8) is 0 Å². The standard InChI is InChI=1S/C13H14BrNO5/c1-2-3-15(6-11(16)17)13(18)8-4-9(14)12-10(5-8)19-7-20-12/h4-5H,2-3,6-7H2,1H3,(H,16,17). The van der Waals surface area contributed by atoms with Crippen LogP contribution in [0, 0.1) is 0 Å². The fourth-order valence-corrected chi connectivity index (χ4v) is 2.52. The van der Waals surface area contributed by atoms with Gasteiger partial charge in [-0.25, -0.2) is 0 Å². The maximum Gasteiger partial charge on any atom is 0.323 e. The van der Waals surface area contributed by atoms with Crippen LogP contribution < -0.4 is 9.47 Å². The van der Waals surface area contributed by atoms with E-state index in [-0.39, 0.29) is 19.2 Å². The highest BCUT2D eigenvalue weighted by molar-refractivity contribution is 9.10. The molecule has 20 heavy (non-hydrogen) atoms. The van der Waals surface area contributed by atoms with E-state index in [0.717, 1.165) is 0 Å². The number of benzene rings is 1. The van der Waals surface area contributed by atoms with E-state index in [4.69, 9.17) is 14.6 Å². The van der Waals surface area contributed by atoms with Gasteiger partial charge in [-0.2, -0.15) is 0 Å². The van der Waals surface area contributed by atoms with Gasteiger partial charge in [0.15, 0.2) is 11.5 Å². The van der Waals surface area contributed by atoms with Gasteiger partial charge in [0.2, 0.25) is 6.79 Å². The smallest absolute Gasteiger partial charge is 0.323 e. The monoisotopic (exact) mass is 343 g/mol. The van der Waals surface area contributed by atoms with Crippen LogP contribution in [-0.2, 0) is 4.79 Å². The van der Waals surface area contributed by atoms with E-state index in [1.165, 1.54) is 4.90 Å². The summed E-state index contributed by atoms with van der Waals surface area (Å²) in [6.45, 7) is 2.06. The third kappa shape index (κ3) is 3.04. The largest absolute Gasteiger partial charge is 0.480 e. The van der Waals surface area contributed by atoms with Gasteiger partial charge in [0.05, 0.1) is 4.47 Å². The summed E-state index contributed by atoms with van der Waals surface area (Å²) in [4.78, 5) is 24.5. The lowest BCUT2D eigenvalue weighted by Gasteiger charge is -2.20. The van der Waals surface area contributed by atoms with Crippen molar-refractivity contribution in [2.75, 3.05) is 19.9 Å². The van der Waals surface area contributed by atoms with Crippen molar-refractivity contribution >= 4 is 27.8 Å². The Balaban J connectivity index is 2.27. The van der Waals surface area contributed by atoms with Gasteiger partial charge in [-0.1, -0.05) is 6.92 Å². The molecule has 1 heterocycles. The highest BCUT2D eigenvalue weighted by atomic mass is 79.9. The molecule has 0 aromatic heterocycles. The molecule has 0 saturated carbocycles. The van der Waals surface area contributed by atoms with Gasteiger partial charge in [-0.3, -0.25) is 9.59 Å². The third-order valence-electron chi connectivity index (χ3n) is 2.78. The molecule has 1 aliphatic heterocycles. The van der Waals surface area contributed by atoms with Crippen LogP contribution in [0.3, 0.4) is 0 Å². The van der Waals surface area contributed by atoms with Crippen LogP contribution in [0.5, 0.6) is 11.5 Å². The number of rotatable bonds is 5. The molecule has 1 aromatic rings. The molecule has 0 fully saturated rings. The van der Waals surface area contributed by atoms with Gasteiger partial charge in [0.1, 0.15) is 6.54 Å². The van der Waals surface area contributed by atoms with E-state index in [9.17, 15) is 9.59 Å². The summed E-state index contributed by atoms with van der Waals surface area (Å²) in [5, 5.41) is 8.87. The van der Waals surface area contributed by atoms with Crippen LogP contribution in [0.1, 0.15) is 23.7 Å². The zero-order chi connectivity index (χ0) is 14.7. The Kier molecular flexibility index (Phi) is 4.49. The van der Waals surface area contributed by atoms with E-state index in [2.05, 4.69) is 15.9 Å². The second-order valence-corrected chi connectivity index (χ2v) is 5.17. The predicted octanol–water partition coefficient (Wildman–Crippen LogP) is 2.11. The zero-order valence-corrected chi connectivity index (χ0v) is 12.5. The Hall–Kier alpha value is -1.76. The molecule has 1 aromatic carbocycles. The van der Waals surface area contributed by atoms with E-state index < -0.39 is 5.97 Å². The van der Waals surface area contributed by atoms with Crippen molar-refractivity contribution in [1.82, 2.24) is 4.90 Å². The molecule has 0 unspecified atom stereocenters. The Morgan fingerprint density at radius 2 is 2.15 bits per heavy atom. The molecule has 1 amide bonds. The number of ether oxygens (including phenoxy) is 2. The van der Waals surface area contributed by atoms with Crippen molar-refractivity contribution in [3.05, 3.63) is 22.2 Å². The van der Waals surface area contributed by atoms with Crippen molar-refractivity contribution in [3.8, 4) is 11.5 Å². The number of carboxylic acid groups (broad SMARTS) is 1. The summed E-state index contributed by atoms with van der Waals surface area (Å²) >= 11 is 3.31. The van der Waals surface area contributed by atoms with Crippen LogP contribution in [0.4, 0.5) is 0 Å². The third-order valence-corrected chi connectivity index (χ3v) is 3.37. The minimum atomic E-state index is -1.04. The summed E-state index contributed by atoms with van der Waals surface area (Å²) in [6, 6.07) is 3.18. The number of amides is 1. The van der Waals surface area contributed by atoms with Crippen LogP contribution in [0.15, 0.2) is 16.6 Å². The molecule has 108 valence electrons. The molecule has 1 aliphatic rings. The number of halogens is 1. The van der Waals surface area contributed by atoms with Gasteiger partial charge in [-0.15, -0.1) is 0 Å². The SMILES string of the molecule is CCCN(CC(=O)O)C(=O)c1cc(Br)c2c(c1)OCO2. The van der Waals surface area contributed by atoms with Gasteiger partial charge in [0.25, 0.3) is 5.91 Å². The second-order valence-electron chi connectivity index (χ2n) is 4.31. The number of carbonyl (C=O) groups is 2. The Bertz CT molecular complexity index is 546. The molecule has 0 radical (unpaired) electrons. The summed E-state index contributed by atoms with van der Waals surface area (Å²) < 4.78 is 11.1. The minimum absolute atomic E-state index is 0.110. The molecule has 0 spiro atoms. The maximum absolute atomic E-state index is 12.4. The second kappa shape index (κ2) is 6.13.